The zero-order chi connectivity index (χ0) is 20.8. The molecule has 1 aliphatic rings. The van der Waals surface area contributed by atoms with Crippen LogP contribution in [-0.2, 0) is 0 Å². The molecule has 0 fully saturated rings. The highest BCUT2D eigenvalue weighted by Gasteiger charge is 2.45. The van der Waals surface area contributed by atoms with Gasteiger partial charge in [-0.05, 0) is 43.7 Å². The first kappa shape index (κ1) is 18.5. The maximum absolute atomic E-state index is 13.4. The van der Waals surface area contributed by atoms with E-state index in [2.05, 4.69) is 10.2 Å². The van der Waals surface area contributed by atoms with Gasteiger partial charge in [0.05, 0.1) is 23.6 Å². The van der Waals surface area contributed by atoms with Crippen molar-refractivity contribution in [2.75, 3.05) is 11.5 Å². The molecule has 4 aromatic rings. The maximum Gasteiger partial charge on any atom is 0.297 e. The van der Waals surface area contributed by atoms with Crippen molar-refractivity contribution in [3.63, 3.8) is 0 Å². The molecule has 0 bridgehead atoms. The first-order valence-corrected chi connectivity index (χ1v) is 10.3. The number of carbonyl (C=O) groups excluding carboxylic acids is 1. The summed E-state index contributed by atoms with van der Waals surface area (Å²) in [6, 6.07) is 13.6. The van der Waals surface area contributed by atoms with Gasteiger partial charge in [-0.2, -0.15) is 0 Å². The topological polar surface area (TPSA) is 85.5 Å². The van der Waals surface area contributed by atoms with Crippen LogP contribution in [-0.4, -0.2) is 22.7 Å². The third-order valence-electron chi connectivity index (χ3n) is 4.98. The Morgan fingerprint density at radius 2 is 1.97 bits per heavy atom. The number of nitrogens with zero attached hydrogens (tertiary/aromatic N) is 3. The van der Waals surface area contributed by atoms with Gasteiger partial charge in [-0.1, -0.05) is 35.6 Å². The fourth-order valence-corrected chi connectivity index (χ4v) is 4.47. The molecule has 0 radical (unpaired) electrons. The van der Waals surface area contributed by atoms with Crippen molar-refractivity contribution in [1.29, 1.82) is 0 Å². The number of rotatable bonds is 4. The van der Waals surface area contributed by atoms with Gasteiger partial charge >= 0.3 is 0 Å². The third kappa shape index (κ3) is 2.80. The van der Waals surface area contributed by atoms with Gasteiger partial charge in [0.15, 0.2) is 5.43 Å². The van der Waals surface area contributed by atoms with Crippen molar-refractivity contribution >= 4 is 33.3 Å². The van der Waals surface area contributed by atoms with Crippen LogP contribution in [0.1, 0.15) is 39.7 Å². The summed E-state index contributed by atoms with van der Waals surface area (Å²) in [5, 5.41) is 9.79. The lowest BCUT2D eigenvalue weighted by molar-refractivity contribution is 0.0970. The molecule has 0 N–H and O–H groups in total. The van der Waals surface area contributed by atoms with Gasteiger partial charge in [-0.3, -0.25) is 14.5 Å². The third-order valence-corrected chi connectivity index (χ3v) is 5.82. The molecule has 0 saturated heterocycles. The van der Waals surface area contributed by atoms with Crippen LogP contribution in [0, 0.1) is 6.92 Å². The van der Waals surface area contributed by atoms with Gasteiger partial charge in [0.2, 0.25) is 10.9 Å². The molecule has 0 unspecified atom stereocenters. The Labute approximate surface area is 175 Å². The monoisotopic (exact) mass is 419 g/mol. The number of para-hydroxylation sites is 1. The average Bonchev–Trinajstić information content (AvgIpc) is 3.30. The number of hydrogen-bond acceptors (Lipinski definition) is 7. The van der Waals surface area contributed by atoms with E-state index in [1.54, 1.807) is 24.3 Å². The van der Waals surface area contributed by atoms with E-state index in [1.807, 2.05) is 38.1 Å². The highest BCUT2D eigenvalue weighted by Crippen LogP contribution is 2.42. The van der Waals surface area contributed by atoms with Crippen LogP contribution in [0.2, 0.25) is 0 Å². The van der Waals surface area contributed by atoms with Crippen LogP contribution >= 0.6 is 11.3 Å². The van der Waals surface area contributed by atoms with E-state index in [1.165, 1.54) is 16.2 Å². The molecule has 1 aliphatic heterocycles. The average molecular weight is 419 g/mol. The molecule has 7 nitrogen and oxygen atoms in total. The minimum atomic E-state index is -0.680. The number of benzene rings is 2. The van der Waals surface area contributed by atoms with E-state index in [0.717, 1.165) is 10.6 Å². The zero-order valence-corrected chi connectivity index (χ0v) is 17.1. The second-order valence-electron chi connectivity index (χ2n) is 6.86. The van der Waals surface area contributed by atoms with Crippen molar-refractivity contribution in [3.8, 4) is 5.75 Å². The summed E-state index contributed by atoms with van der Waals surface area (Å²) in [7, 11) is 0. The van der Waals surface area contributed by atoms with Crippen molar-refractivity contribution in [3.05, 3.63) is 80.6 Å². The first-order chi connectivity index (χ1) is 14.6. The Morgan fingerprint density at radius 3 is 2.73 bits per heavy atom. The van der Waals surface area contributed by atoms with Crippen LogP contribution in [0.3, 0.4) is 0 Å². The Balaban J connectivity index is 1.79. The fourth-order valence-electron chi connectivity index (χ4n) is 3.76. The molecule has 2 aromatic carbocycles. The molecule has 3 heterocycles. The van der Waals surface area contributed by atoms with Crippen molar-refractivity contribution < 1.29 is 13.9 Å². The number of anilines is 1. The number of hydrogen-bond donors (Lipinski definition) is 0. The quantitative estimate of drug-likeness (QED) is 0.495. The lowest BCUT2D eigenvalue weighted by atomic mass is 9.98. The molecule has 30 heavy (non-hydrogen) atoms. The summed E-state index contributed by atoms with van der Waals surface area (Å²) in [5.41, 5.74) is 1.20. The minimum Gasteiger partial charge on any atom is -0.494 e. The second kappa shape index (κ2) is 7.07. The number of ether oxygens (including phenoxy) is 1. The number of carbonyl (C=O) groups is 1. The molecule has 0 spiro atoms. The normalized spacial score (nSPS) is 15.6. The minimum absolute atomic E-state index is 0.0402. The zero-order valence-electron chi connectivity index (χ0n) is 16.3. The molecular weight excluding hydrogens is 402 g/mol. The predicted molar refractivity (Wildman–Crippen MR) is 113 cm³/mol. The number of aromatic nitrogens is 2. The van der Waals surface area contributed by atoms with E-state index in [-0.39, 0.29) is 11.2 Å². The molecule has 8 heteroatoms. The van der Waals surface area contributed by atoms with Crippen molar-refractivity contribution in [1.82, 2.24) is 10.2 Å². The Bertz CT molecular complexity index is 1340. The summed E-state index contributed by atoms with van der Waals surface area (Å²) in [5.74, 6) is 0.295. The van der Waals surface area contributed by atoms with Crippen molar-refractivity contribution in [2.24, 2.45) is 0 Å². The van der Waals surface area contributed by atoms with Gasteiger partial charge < -0.3 is 9.15 Å². The van der Waals surface area contributed by atoms with E-state index in [4.69, 9.17) is 9.15 Å². The van der Waals surface area contributed by atoms with Crippen LogP contribution in [0.5, 0.6) is 5.75 Å². The van der Waals surface area contributed by atoms with Gasteiger partial charge in [0, 0.05) is 0 Å². The summed E-state index contributed by atoms with van der Waals surface area (Å²) < 4.78 is 11.6. The molecule has 0 aliphatic carbocycles. The summed E-state index contributed by atoms with van der Waals surface area (Å²) in [6.07, 6.45) is 0. The molecule has 5 rings (SSSR count). The number of aryl methyl sites for hydroxylation is 1. The summed E-state index contributed by atoms with van der Waals surface area (Å²) in [4.78, 5) is 28.3. The molecule has 1 amide bonds. The van der Waals surface area contributed by atoms with Crippen LogP contribution in [0.15, 0.2) is 57.7 Å². The van der Waals surface area contributed by atoms with Gasteiger partial charge in [0.25, 0.3) is 5.91 Å². The SMILES string of the molecule is CCOc1cccc([C@@H]2c3c(oc4ccccc4c3=O)C(=O)N2c2nnc(C)s2)c1. The summed E-state index contributed by atoms with van der Waals surface area (Å²) in [6.45, 7) is 4.23. The van der Waals surface area contributed by atoms with Crippen LogP contribution < -0.4 is 15.1 Å². The number of fused-ring (bicyclic) bond motifs is 2. The Morgan fingerprint density at radius 1 is 1.13 bits per heavy atom. The molecular formula is C22H17N3O4S. The molecule has 0 saturated carbocycles. The van der Waals surface area contributed by atoms with E-state index < -0.39 is 11.9 Å². The second-order valence-corrected chi connectivity index (χ2v) is 8.02. The first-order valence-electron chi connectivity index (χ1n) is 9.50. The smallest absolute Gasteiger partial charge is 0.297 e. The molecule has 1 atom stereocenters. The van der Waals surface area contributed by atoms with E-state index >= 15 is 0 Å². The summed E-state index contributed by atoms with van der Waals surface area (Å²) >= 11 is 1.29. The van der Waals surface area contributed by atoms with Crippen molar-refractivity contribution in [2.45, 2.75) is 19.9 Å². The fraction of sp³-hybridized carbons (Fsp3) is 0.182. The highest BCUT2D eigenvalue weighted by molar-refractivity contribution is 7.15. The lowest BCUT2D eigenvalue weighted by Gasteiger charge is -2.22. The Kier molecular flexibility index (Phi) is 4.36. The largest absolute Gasteiger partial charge is 0.494 e. The highest BCUT2D eigenvalue weighted by atomic mass is 32.1. The lowest BCUT2D eigenvalue weighted by Crippen LogP contribution is -2.29. The van der Waals surface area contributed by atoms with E-state index in [0.29, 0.717) is 34.0 Å². The van der Waals surface area contributed by atoms with Gasteiger partial charge in [-0.25, -0.2) is 0 Å². The van der Waals surface area contributed by atoms with Gasteiger partial charge in [-0.15, -0.1) is 10.2 Å². The van der Waals surface area contributed by atoms with Crippen LogP contribution in [0.4, 0.5) is 5.13 Å². The Hall–Kier alpha value is -3.52. The predicted octanol–water partition coefficient (Wildman–Crippen LogP) is 4.10. The van der Waals surface area contributed by atoms with E-state index in [9.17, 15) is 9.59 Å². The van der Waals surface area contributed by atoms with Gasteiger partial charge in [0.1, 0.15) is 16.3 Å². The van der Waals surface area contributed by atoms with Crippen LogP contribution in [0.25, 0.3) is 11.0 Å². The standard InChI is InChI=1S/C22H17N3O4S/c1-3-28-14-8-6-7-13(11-14)18-17-19(26)15-9-4-5-10-16(15)29-20(17)21(27)25(18)22-24-23-12(2)30-22/h4-11,18H,3H2,1-2H3/t18-/m1/s1. The molecule has 150 valence electrons. The maximum atomic E-state index is 13.4. The molecule has 2 aromatic heterocycles. The number of amides is 1.